The first-order valence-electron chi connectivity index (χ1n) is 8.00. The Morgan fingerprint density at radius 3 is 2.52 bits per heavy atom. The van der Waals surface area contributed by atoms with Crippen molar-refractivity contribution in [3.63, 3.8) is 0 Å². The first-order valence-corrected chi connectivity index (χ1v) is 10.0. The van der Waals surface area contributed by atoms with Crippen molar-refractivity contribution < 1.29 is 13.2 Å². The summed E-state index contributed by atoms with van der Waals surface area (Å²) in [7, 11) is -3.63. The summed E-state index contributed by atoms with van der Waals surface area (Å²) in [5, 5.41) is 0.395. The monoisotopic (exact) mass is 378 g/mol. The lowest BCUT2D eigenvalue weighted by Crippen LogP contribution is -2.42. The van der Waals surface area contributed by atoms with E-state index in [1.807, 2.05) is 18.2 Å². The van der Waals surface area contributed by atoms with Gasteiger partial charge in [0.2, 0.25) is 15.9 Å². The van der Waals surface area contributed by atoms with Gasteiger partial charge in [0.05, 0.1) is 12.3 Å². The van der Waals surface area contributed by atoms with Crippen molar-refractivity contribution >= 4 is 27.5 Å². The van der Waals surface area contributed by atoms with Gasteiger partial charge in [-0.2, -0.15) is 0 Å². The Labute approximate surface area is 152 Å². The minimum atomic E-state index is -3.63. The van der Waals surface area contributed by atoms with Gasteiger partial charge in [-0.05, 0) is 29.2 Å². The van der Waals surface area contributed by atoms with Crippen LogP contribution in [0.5, 0.6) is 0 Å². The number of benzene rings is 2. The summed E-state index contributed by atoms with van der Waals surface area (Å²) in [6, 6.07) is 14.8. The number of carbonyl (C=O) groups excluding carboxylic acids is 1. The van der Waals surface area contributed by atoms with Crippen LogP contribution in [0, 0.1) is 0 Å². The van der Waals surface area contributed by atoms with E-state index >= 15 is 0 Å². The molecular weight excluding hydrogens is 360 g/mol. The lowest BCUT2D eigenvalue weighted by atomic mass is 10.00. The van der Waals surface area contributed by atoms with E-state index in [9.17, 15) is 13.2 Å². The van der Waals surface area contributed by atoms with E-state index in [4.69, 9.17) is 11.6 Å². The highest BCUT2D eigenvalue weighted by atomic mass is 35.5. The summed E-state index contributed by atoms with van der Waals surface area (Å²) in [4.78, 5) is 14.0. The molecule has 0 unspecified atom stereocenters. The van der Waals surface area contributed by atoms with Crippen molar-refractivity contribution in [2.24, 2.45) is 0 Å². The molecular formula is C18H19ClN2O3S. The van der Waals surface area contributed by atoms with Gasteiger partial charge in [0, 0.05) is 18.1 Å². The molecule has 2 aromatic rings. The zero-order valence-corrected chi connectivity index (χ0v) is 15.2. The van der Waals surface area contributed by atoms with Gasteiger partial charge >= 0.3 is 0 Å². The number of amides is 1. The van der Waals surface area contributed by atoms with Gasteiger partial charge in [-0.25, -0.2) is 13.1 Å². The van der Waals surface area contributed by atoms with Gasteiger partial charge < -0.3 is 4.90 Å². The van der Waals surface area contributed by atoms with Crippen LogP contribution in [0.25, 0.3) is 0 Å². The van der Waals surface area contributed by atoms with Crippen molar-refractivity contribution in [1.82, 2.24) is 9.62 Å². The van der Waals surface area contributed by atoms with Gasteiger partial charge in [-0.3, -0.25) is 4.79 Å². The van der Waals surface area contributed by atoms with Crippen LogP contribution in [-0.2, 0) is 33.5 Å². The fourth-order valence-corrected chi connectivity index (χ4v) is 4.25. The molecule has 1 aliphatic heterocycles. The molecule has 132 valence electrons. The maximum absolute atomic E-state index is 12.3. The van der Waals surface area contributed by atoms with Gasteiger partial charge in [-0.1, -0.05) is 54.1 Å². The van der Waals surface area contributed by atoms with Crippen molar-refractivity contribution in [3.05, 3.63) is 70.2 Å². The van der Waals surface area contributed by atoms with Crippen LogP contribution in [0.4, 0.5) is 0 Å². The van der Waals surface area contributed by atoms with Crippen molar-refractivity contribution in [2.45, 2.75) is 18.7 Å². The number of fused-ring (bicyclic) bond motifs is 1. The van der Waals surface area contributed by atoms with E-state index < -0.39 is 10.0 Å². The van der Waals surface area contributed by atoms with Crippen LogP contribution >= 0.6 is 11.6 Å². The molecule has 0 aromatic heterocycles. The van der Waals surface area contributed by atoms with Crippen molar-refractivity contribution in [1.29, 1.82) is 0 Å². The Morgan fingerprint density at radius 2 is 1.76 bits per heavy atom. The standard InChI is InChI=1S/C18H19ClN2O3S/c19-17-8-4-3-7-16(17)13-25(23,24)20-11-18(22)21-10-9-14-5-1-2-6-15(14)12-21/h1-8,20H,9-13H2. The highest BCUT2D eigenvalue weighted by Gasteiger charge is 2.22. The molecule has 0 saturated carbocycles. The summed E-state index contributed by atoms with van der Waals surface area (Å²) in [5.74, 6) is -0.472. The quantitative estimate of drug-likeness (QED) is 0.868. The Kier molecular flexibility index (Phi) is 5.42. The fourth-order valence-electron chi connectivity index (χ4n) is 2.86. The fraction of sp³-hybridized carbons (Fsp3) is 0.278. The average Bonchev–Trinajstić information content (AvgIpc) is 2.61. The molecule has 0 atom stereocenters. The Hall–Kier alpha value is -1.89. The molecule has 1 N–H and O–H groups in total. The summed E-state index contributed by atoms with van der Waals surface area (Å²) in [6.07, 6.45) is 0.786. The van der Waals surface area contributed by atoms with E-state index in [0.717, 1.165) is 12.0 Å². The summed E-state index contributed by atoms with van der Waals surface area (Å²) >= 11 is 6.00. The normalized spacial score (nSPS) is 14.2. The largest absolute Gasteiger partial charge is 0.337 e. The Morgan fingerprint density at radius 1 is 1.08 bits per heavy atom. The predicted octanol–water partition coefficient (Wildman–Crippen LogP) is 2.34. The maximum Gasteiger partial charge on any atom is 0.237 e. The average molecular weight is 379 g/mol. The minimum absolute atomic E-state index is 0.225. The van der Waals surface area contributed by atoms with Crippen LogP contribution in [0.1, 0.15) is 16.7 Å². The smallest absolute Gasteiger partial charge is 0.237 e. The van der Waals surface area contributed by atoms with E-state index in [0.29, 0.717) is 23.7 Å². The van der Waals surface area contributed by atoms with Crippen molar-refractivity contribution in [2.75, 3.05) is 13.1 Å². The lowest BCUT2D eigenvalue weighted by molar-refractivity contribution is -0.130. The molecule has 0 aliphatic carbocycles. The number of rotatable bonds is 5. The van der Waals surface area contributed by atoms with E-state index in [1.165, 1.54) is 5.56 Å². The molecule has 1 aliphatic rings. The molecule has 1 heterocycles. The Balaban J connectivity index is 1.58. The third kappa shape index (κ3) is 4.60. The molecule has 2 aromatic carbocycles. The van der Waals surface area contributed by atoms with Gasteiger partial charge in [0.15, 0.2) is 0 Å². The number of hydrogen-bond donors (Lipinski definition) is 1. The second-order valence-electron chi connectivity index (χ2n) is 6.01. The highest BCUT2D eigenvalue weighted by Crippen LogP contribution is 2.19. The minimum Gasteiger partial charge on any atom is -0.337 e. The molecule has 0 saturated heterocycles. The lowest BCUT2D eigenvalue weighted by Gasteiger charge is -2.29. The molecule has 25 heavy (non-hydrogen) atoms. The number of halogens is 1. The molecule has 0 fully saturated rings. The molecule has 7 heteroatoms. The number of hydrogen-bond acceptors (Lipinski definition) is 3. The third-order valence-electron chi connectivity index (χ3n) is 4.23. The van der Waals surface area contributed by atoms with Crippen LogP contribution in [0.3, 0.4) is 0 Å². The number of nitrogens with zero attached hydrogens (tertiary/aromatic N) is 1. The molecule has 0 spiro atoms. The number of nitrogens with one attached hydrogen (secondary N) is 1. The molecule has 0 radical (unpaired) electrons. The summed E-state index contributed by atoms with van der Waals surface area (Å²) < 4.78 is 26.8. The highest BCUT2D eigenvalue weighted by molar-refractivity contribution is 7.88. The first kappa shape index (κ1) is 17.9. The van der Waals surface area contributed by atoms with Crippen LogP contribution in [0.15, 0.2) is 48.5 Å². The summed E-state index contributed by atoms with van der Waals surface area (Å²) in [5.41, 5.74) is 2.86. The van der Waals surface area contributed by atoms with Crippen LogP contribution in [0.2, 0.25) is 5.02 Å². The predicted molar refractivity (Wildman–Crippen MR) is 97.6 cm³/mol. The van der Waals surface area contributed by atoms with Crippen LogP contribution < -0.4 is 4.72 Å². The first-order chi connectivity index (χ1) is 11.9. The number of carbonyl (C=O) groups is 1. The summed E-state index contributed by atoms with van der Waals surface area (Å²) in [6.45, 7) is 0.873. The molecule has 5 nitrogen and oxygen atoms in total. The van der Waals surface area contributed by atoms with E-state index in [1.54, 1.807) is 29.2 Å². The second-order valence-corrected chi connectivity index (χ2v) is 8.22. The zero-order chi connectivity index (χ0) is 17.9. The van der Waals surface area contributed by atoms with Gasteiger partial charge in [0.25, 0.3) is 0 Å². The topological polar surface area (TPSA) is 66.5 Å². The maximum atomic E-state index is 12.3. The van der Waals surface area contributed by atoms with E-state index in [2.05, 4.69) is 10.8 Å². The van der Waals surface area contributed by atoms with Crippen molar-refractivity contribution in [3.8, 4) is 0 Å². The SMILES string of the molecule is O=C(CNS(=O)(=O)Cc1ccccc1Cl)N1CCc2ccccc2C1. The van der Waals surface area contributed by atoms with Gasteiger partial charge in [-0.15, -0.1) is 0 Å². The number of sulfonamides is 1. The van der Waals surface area contributed by atoms with E-state index in [-0.39, 0.29) is 18.2 Å². The second kappa shape index (κ2) is 7.56. The molecule has 3 rings (SSSR count). The van der Waals surface area contributed by atoms with Gasteiger partial charge in [0.1, 0.15) is 0 Å². The molecule has 1 amide bonds. The van der Waals surface area contributed by atoms with Crippen LogP contribution in [-0.4, -0.2) is 32.3 Å². The Bertz CT molecular complexity index is 883. The third-order valence-corrected chi connectivity index (χ3v) is 5.87. The molecule has 0 bridgehead atoms. The zero-order valence-electron chi connectivity index (χ0n) is 13.6.